The molecule has 1 saturated carbocycles. The van der Waals surface area contributed by atoms with Crippen molar-refractivity contribution in [2.24, 2.45) is 5.92 Å². The number of rotatable bonds is 2. The first-order valence-corrected chi connectivity index (χ1v) is 7.78. The molecule has 1 N–H and O–H groups in total. The second-order valence-electron chi connectivity index (χ2n) is 5.93. The number of benzene rings is 1. The number of halogens is 1. The molecule has 1 fully saturated rings. The molecule has 2 heterocycles. The van der Waals surface area contributed by atoms with Gasteiger partial charge in [0.25, 0.3) is 0 Å². The molecule has 0 spiro atoms. The van der Waals surface area contributed by atoms with Crippen LogP contribution in [0.25, 0.3) is 0 Å². The van der Waals surface area contributed by atoms with E-state index in [1.165, 1.54) is 0 Å². The second-order valence-corrected chi connectivity index (χ2v) is 6.37. The van der Waals surface area contributed by atoms with Crippen LogP contribution in [0.2, 0.25) is 5.02 Å². The SMILES string of the molecule is CN1C(=O)Nc2ccc(Cl)cc2C1(c1ccccn1)C1CC1. The minimum Gasteiger partial charge on any atom is -0.312 e. The van der Waals surface area contributed by atoms with Crippen molar-refractivity contribution in [2.45, 2.75) is 18.4 Å². The Kier molecular flexibility index (Phi) is 2.91. The van der Waals surface area contributed by atoms with Gasteiger partial charge in [0.2, 0.25) is 0 Å². The van der Waals surface area contributed by atoms with Crippen LogP contribution in [-0.2, 0) is 5.54 Å². The highest BCUT2D eigenvalue weighted by Crippen LogP contribution is 2.56. The summed E-state index contributed by atoms with van der Waals surface area (Å²) in [7, 11) is 1.84. The van der Waals surface area contributed by atoms with Gasteiger partial charge in [-0.2, -0.15) is 0 Å². The molecule has 1 unspecified atom stereocenters. The number of fused-ring (bicyclic) bond motifs is 1. The molecule has 2 aliphatic rings. The van der Waals surface area contributed by atoms with Crippen LogP contribution < -0.4 is 5.32 Å². The van der Waals surface area contributed by atoms with Crippen LogP contribution in [0.15, 0.2) is 42.6 Å². The lowest BCUT2D eigenvalue weighted by atomic mass is 9.78. The third-order valence-corrected chi connectivity index (χ3v) is 4.93. The van der Waals surface area contributed by atoms with Gasteiger partial charge in [-0.15, -0.1) is 0 Å². The molecule has 22 heavy (non-hydrogen) atoms. The van der Waals surface area contributed by atoms with Crippen LogP contribution in [0.4, 0.5) is 10.5 Å². The smallest absolute Gasteiger partial charge is 0.312 e. The first kappa shape index (κ1) is 13.6. The first-order valence-electron chi connectivity index (χ1n) is 7.40. The predicted octanol–water partition coefficient (Wildman–Crippen LogP) is 3.87. The van der Waals surface area contributed by atoms with Gasteiger partial charge in [-0.05, 0) is 49.1 Å². The van der Waals surface area contributed by atoms with Crippen molar-refractivity contribution in [1.82, 2.24) is 9.88 Å². The lowest BCUT2D eigenvalue weighted by Crippen LogP contribution is -2.55. The maximum absolute atomic E-state index is 12.5. The van der Waals surface area contributed by atoms with Crippen LogP contribution in [0.3, 0.4) is 0 Å². The number of nitrogens with zero attached hydrogens (tertiary/aromatic N) is 2. The van der Waals surface area contributed by atoms with Crippen molar-refractivity contribution in [1.29, 1.82) is 0 Å². The van der Waals surface area contributed by atoms with Crippen molar-refractivity contribution < 1.29 is 4.79 Å². The molecule has 1 aromatic heterocycles. The van der Waals surface area contributed by atoms with Crippen LogP contribution in [0, 0.1) is 5.92 Å². The normalized spacial score (nSPS) is 23.9. The number of amides is 2. The fourth-order valence-electron chi connectivity index (χ4n) is 3.58. The molecule has 4 nitrogen and oxygen atoms in total. The molecule has 2 amide bonds. The van der Waals surface area contributed by atoms with E-state index in [2.05, 4.69) is 10.3 Å². The molecule has 1 aromatic carbocycles. The number of hydrogen-bond donors (Lipinski definition) is 1. The number of anilines is 1. The molecule has 4 rings (SSSR count). The molecule has 5 heteroatoms. The fraction of sp³-hybridized carbons (Fsp3) is 0.294. The van der Waals surface area contributed by atoms with Crippen molar-refractivity contribution in [3.05, 3.63) is 58.9 Å². The third kappa shape index (κ3) is 1.77. The van der Waals surface area contributed by atoms with Gasteiger partial charge >= 0.3 is 6.03 Å². The monoisotopic (exact) mass is 313 g/mol. The molecule has 0 saturated heterocycles. The second kappa shape index (κ2) is 4.71. The highest BCUT2D eigenvalue weighted by Gasteiger charge is 2.56. The van der Waals surface area contributed by atoms with Gasteiger partial charge in [0.05, 0.1) is 5.69 Å². The molecule has 112 valence electrons. The standard InChI is InChI=1S/C17H16ClN3O/c1-21-16(22)20-14-8-7-12(18)10-13(14)17(21,11-5-6-11)15-4-2-3-9-19-15/h2-4,7-11H,5-6H2,1H3,(H,20,22). The summed E-state index contributed by atoms with van der Waals surface area (Å²) in [5.74, 6) is 0.371. The summed E-state index contributed by atoms with van der Waals surface area (Å²) in [6, 6.07) is 11.4. The highest BCUT2D eigenvalue weighted by atomic mass is 35.5. The van der Waals surface area contributed by atoms with E-state index in [4.69, 9.17) is 11.6 Å². The summed E-state index contributed by atoms with van der Waals surface area (Å²) >= 11 is 6.25. The Balaban J connectivity index is 2.04. The van der Waals surface area contributed by atoms with Gasteiger partial charge in [-0.1, -0.05) is 17.7 Å². The molecule has 0 bridgehead atoms. The van der Waals surface area contributed by atoms with Gasteiger partial charge in [0, 0.05) is 29.5 Å². The maximum atomic E-state index is 12.5. The summed E-state index contributed by atoms with van der Waals surface area (Å²) in [6.45, 7) is 0. The zero-order valence-corrected chi connectivity index (χ0v) is 13.0. The quantitative estimate of drug-likeness (QED) is 0.915. The van der Waals surface area contributed by atoms with E-state index in [0.717, 1.165) is 29.8 Å². The molecular formula is C17H16ClN3O. The molecule has 1 atom stereocenters. The van der Waals surface area contributed by atoms with Crippen molar-refractivity contribution in [3.63, 3.8) is 0 Å². The van der Waals surface area contributed by atoms with Crippen molar-refractivity contribution in [3.8, 4) is 0 Å². The van der Waals surface area contributed by atoms with Crippen molar-refractivity contribution >= 4 is 23.3 Å². The molecule has 1 aliphatic heterocycles. The van der Waals surface area contributed by atoms with Crippen LogP contribution in [0.5, 0.6) is 0 Å². The lowest BCUT2D eigenvalue weighted by molar-refractivity contribution is 0.146. The van der Waals surface area contributed by atoms with E-state index in [1.807, 2.05) is 43.4 Å². The number of nitrogens with one attached hydrogen (secondary N) is 1. The Hall–Kier alpha value is -2.07. The topological polar surface area (TPSA) is 45.2 Å². The van der Waals surface area contributed by atoms with Crippen LogP contribution in [-0.4, -0.2) is 23.0 Å². The number of urea groups is 1. The molecule has 1 aliphatic carbocycles. The summed E-state index contributed by atoms with van der Waals surface area (Å²) in [5, 5.41) is 3.62. The number of carbonyl (C=O) groups excluding carboxylic acids is 1. The van der Waals surface area contributed by atoms with Gasteiger partial charge in [0.1, 0.15) is 5.54 Å². The average Bonchev–Trinajstić information content (AvgIpc) is 3.36. The van der Waals surface area contributed by atoms with E-state index in [-0.39, 0.29) is 6.03 Å². The van der Waals surface area contributed by atoms with Crippen LogP contribution >= 0.6 is 11.6 Å². The fourth-order valence-corrected chi connectivity index (χ4v) is 3.75. The van der Waals surface area contributed by atoms with Gasteiger partial charge in [0.15, 0.2) is 0 Å². The summed E-state index contributed by atoms with van der Waals surface area (Å²) in [6.07, 6.45) is 3.95. The summed E-state index contributed by atoms with van der Waals surface area (Å²) < 4.78 is 0. The van der Waals surface area contributed by atoms with Crippen LogP contribution in [0.1, 0.15) is 24.1 Å². The molecule has 0 radical (unpaired) electrons. The largest absolute Gasteiger partial charge is 0.322 e. The average molecular weight is 314 g/mol. The Morgan fingerprint density at radius 2 is 2.14 bits per heavy atom. The maximum Gasteiger partial charge on any atom is 0.322 e. The predicted molar refractivity (Wildman–Crippen MR) is 86.0 cm³/mol. The van der Waals surface area contributed by atoms with Crippen molar-refractivity contribution in [2.75, 3.05) is 12.4 Å². The number of carbonyl (C=O) groups is 1. The minimum atomic E-state index is -0.538. The summed E-state index contributed by atoms with van der Waals surface area (Å²) in [4.78, 5) is 18.9. The summed E-state index contributed by atoms with van der Waals surface area (Å²) in [5.41, 5.74) is 2.22. The van der Waals surface area contributed by atoms with Gasteiger partial charge in [-0.25, -0.2) is 4.79 Å². The Bertz CT molecular complexity index is 745. The Morgan fingerprint density at radius 1 is 1.32 bits per heavy atom. The zero-order valence-electron chi connectivity index (χ0n) is 12.2. The van der Waals surface area contributed by atoms with E-state index in [1.54, 1.807) is 11.1 Å². The van der Waals surface area contributed by atoms with E-state index in [0.29, 0.717) is 10.9 Å². The lowest BCUT2D eigenvalue weighted by Gasteiger charge is -2.46. The van der Waals surface area contributed by atoms with Gasteiger partial charge in [-0.3, -0.25) is 4.98 Å². The Labute approximate surface area is 134 Å². The van der Waals surface area contributed by atoms with E-state index in [9.17, 15) is 4.79 Å². The third-order valence-electron chi connectivity index (χ3n) is 4.69. The number of pyridine rings is 1. The minimum absolute atomic E-state index is 0.104. The molecular weight excluding hydrogens is 298 g/mol. The molecule has 2 aromatic rings. The van der Waals surface area contributed by atoms with E-state index < -0.39 is 5.54 Å². The van der Waals surface area contributed by atoms with E-state index >= 15 is 0 Å². The highest BCUT2D eigenvalue weighted by molar-refractivity contribution is 6.30. The number of aromatic nitrogens is 1. The number of hydrogen-bond acceptors (Lipinski definition) is 2. The zero-order chi connectivity index (χ0) is 15.3. The first-order chi connectivity index (χ1) is 10.6. The Morgan fingerprint density at radius 3 is 2.82 bits per heavy atom. The van der Waals surface area contributed by atoms with Gasteiger partial charge < -0.3 is 10.2 Å².